The zero-order valence-corrected chi connectivity index (χ0v) is 10.6. The van der Waals surface area contributed by atoms with Gasteiger partial charge in [0.05, 0.1) is 6.10 Å². The van der Waals surface area contributed by atoms with Gasteiger partial charge in [-0.2, -0.15) is 0 Å². The fraction of sp³-hybridized carbons (Fsp3) is 0.200. The lowest BCUT2D eigenvalue weighted by atomic mass is 10.0. The van der Waals surface area contributed by atoms with E-state index in [9.17, 15) is 9.50 Å². The van der Waals surface area contributed by atoms with Gasteiger partial charge in [-0.3, -0.25) is 0 Å². The minimum atomic E-state index is -0.830. The van der Waals surface area contributed by atoms with E-state index in [-0.39, 0.29) is 5.56 Å². The van der Waals surface area contributed by atoms with Gasteiger partial charge >= 0.3 is 0 Å². The molecule has 0 aliphatic heterocycles. The summed E-state index contributed by atoms with van der Waals surface area (Å²) in [5.41, 5.74) is 1.39. The van der Waals surface area contributed by atoms with Crippen molar-refractivity contribution in [2.75, 3.05) is 0 Å². The Kier molecular flexibility index (Phi) is 4.34. The van der Waals surface area contributed by atoms with E-state index in [1.807, 2.05) is 30.3 Å². The Morgan fingerprint density at radius 2 is 1.83 bits per heavy atom. The number of aliphatic hydroxyl groups excluding tert-OH is 1. The van der Waals surface area contributed by atoms with Crippen LogP contribution in [0.4, 0.5) is 4.39 Å². The van der Waals surface area contributed by atoms with Crippen molar-refractivity contribution in [3.63, 3.8) is 0 Å². The van der Waals surface area contributed by atoms with Crippen LogP contribution in [0.15, 0.2) is 48.5 Å². The smallest absolute Gasteiger partial charge is 0.129 e. The molecule has 0 aromatic heterocycles. The van der Waals surface area contributed by atoms with Crippen LogP contribution in [0.3, 0.4) is 0 Å². The van der Waals surface area contributed by atoms with Crippen molar-refractivity contribution in [3.8, 4) is 0 Å². The molecule has 1 N–H and O–H groups in total. The topological polar surface area (TPSA) is 20.2 Å². The monoisotopic (exact) mass is 264 g/mol. The van der Waals surface area contributed by atoms with Crippen molar-refractivity contribution >= 4 is 11.6 Å². The summed E-state index contributed by atoms with van der Waals surface area (Å²) in [5.74, 6) is -0.417. The molecule has 2 aromatic rings. The van der Waals surface area contributed by atoms with Gasteiger partial charge in [0.15, 0.2) is 0 Å². The van der Waals surface area contributed by atoms with E-state index in [1.165, 1.54) is 18.2 Å². The molecule has 2 aromatic carbocycles. The molecule has 1 atom stereocenters. The number of benzene rings is 2. The third-order valence-corrected chi connectivity index (χ3v) is 3.10. The van der Waals surface area contributed by atoms with Crippen LogP contribution in [-0.2, 0) is 6.42 Å². The first-order chi connectivity index (χ1) is 8.66. The molecule has 3 heteroatoms. The lowest BCUT2D eigenvalue weighted by molar-refractivity contribution is 0.163. The highest BCUT2D eigenvalue weighted by atomic mass is 35.5. The van der Waals surface area contributed by atoms with Gasteiger partial charge in [0.25, 0.3) is 0 Å². The molecule has 18 heavy (non-hydrogen) atoms. The Morgan fingerprint density at radius 3 is 2.56 bits per heavy atom. The minimum absolute atomic E-state index is 0.262. The standard InChI is InChI=1S/C15H14ClFO/c16-12-7-8-14(17)13(10-12)15(18)9-6-11-4-2-1-3-5-11/h1-5,7-8,10,15,18H,6,9H2. The van der Waals surface area contributed by atoms with E-state index in [2.05, 4.69) is 0 Å². The Balaban J connectivity index is 2.03. The zero-order valence-electron chi connectivity index (χ0n) is 9.81. The maximum atomic E-state index is 13.5. The van der Waals surface area contributed by atoms with Crippen molar-refractivity contribution in [2.24, 2.45) is 0 Å². The molecule has 1 unspecified atom stereocenters. The highest BCUT2D eigenvalue weighted by molar-refractivity contribution is 6.30. The van der Waals surface area contributed by atoms with E-state index in [0.29, 0.717) is 17.9 Å². The number of aryl methyl sites for hydroxylation is 1. The second kappa shape index (κ2) is 5.98. The normalized spacial score (nSPS) is 12.4. The van der Waals surface area contributed by atoms with Gasteiger partial charge in [-0.15, -0.1) is 0 Å². The molecule has 94 valence electrons. The first-order valence-corrected chi connectivity index (χ1v) is 6.21. The Hall–Kier alpha value is -1.38. The number of halogens is 2. The second-order valence-corrected chi connectivity index (χ2v) is 4.64. The van der Waals surface area contributed by atoms with Gasteiger partial charge in [0, 0.05) is 10.6 Å². The van der Waals surface area contributed by atoms with Crippen LogP contribution in [0, 0.1) is 5.82 Å². The molecule has 2 rings (SSSR count). The van der Waals surface area contributed by atoms with Crippen molar-refractivity contribution < 1.29 is 9.50 Å². The van der Waals surface area contributed by atoms with Gasteiger partial charge in [0.2, 0.25) is 0 Å². The molecule has 0 aliphatic rings. The number of hydrogen-bond donors (Lipinski definition) is 1. The largest absolute Gasteiger partial charge is 0.388 e. The summed E-state index contributed by atoms with van der Waals surface area (Å²) < 4.78 is 13.5. The van der Waals surface area contributed by atoms with E-state index in [4.69, 9.17) is 11.6 Å². The summed E-state index contributed by atoms with van der Waals surface area (Å²) in [5, 5.41) is 10.4. The highest BCUT2D eigenvalue weighted by Gasteiger charge is 2.13. The van der Waals surface area contributed by atoms with Gasteiger partial charge in [0.1, 0.15) is 5.82 Å². The molecule has 0 fully saturated rings. The lowest BCUT2D eigenvalue weighted by Crippen LogP contribution is -2.02. The van der Waals surface area contributed by atoms with Crippen molar-refractivity contribution in [1.82, 2.24) is 0 Å². The molecule has 0 spiro atoms. The van der Waals surface area contributed by atoms with E-state index >= 15 is 0 Å². The number of hydrogen-bond acceptors (Lipinski definition) is 1. The van der Waals surface area contributed by atoms with Crippen LogP contribution in [0.1, 0.15) is 23.7 Å². The molecule has 0 aliphatic carbocycles. The summed E-state index contributed by atoms with van der Waals surface area (Å²) in [6.07, 6.45) is 0.346. The van der Waals surface area contributed by atoms with E-state index in [0.717, 1.165) is 5.56 Å². The number of rotatable bonds is 4. The fourth-order valence-corrected chi connectivity index (χ4v) is 2.05. The quantitative estimate of drug-likeness (QED) is 0.880. The van der Waals surface area contributed by atoms with Gasteiger partial charge < -0.3 is 5.11 Å². The summed E-state index contributed by atoms with van der Waals surface area (Å²) in [6, 6.07) is 14.0. The van der Waals surface area contributed by atoms with Crippen LogP contribution in [0.2, 0.25) is 5.02 Å². The molecule has 0 saturated heterocycles. The third-order valence-electron chi connectivity index (χ3n) is 2.87. The Labute approximate surface area is 111 Å². The van der Waals surface area contributed by atoms with Crippen molar-refractivity contribution in [3.05, 3.63) is 70.5 Å². The average molecular weight is 265 g/mol. The highest BCUT2D eigenvalue weighted by Crippen LogP contribution is 2.24. The van der Waals surface area contributed by atoms with E-state index in [1.54, 1.807) is 0 Å². The predicted molar refractivity (Wildman–Crippen MR) is 71.1 cm³/mol. The van der Waals surface area contributed by atoms with Crippen LogP contribution >= 0.6 is 11.6 Å². The molecular formula is C15H14ClFO. The third kappa shape index (κ3) is 3.31. The minimum Gasteiger partial charge on any atom is -0.388 e. The van der Waals surface area contributed by atoms with Gasteiger partial charge in [-0.25, -0.2) is 4.39 Å². The van der Waals surface area contributed by atoms with Crippen molar-refractivity contribution in [1.29, 1.82) is 0 Å². The molecule has 0 heterocycles. The maximum absolute atomic E-state index is 13.5. The summed E-state index contributed by atoms with van der Waals surface area (Å²) in [6.45, 7) is 0. The van der Waals surface area contributed by atoms with E-state index < -0.39 is 11.9 Å². The lowest BCUT2D eigenvalue weighted by Gasteiger charge is -2.12. The zero-order chi connectivity index (χ0) is 13.0. The molecular weight excluding hydrogens is 251 g/mol. The first-order valence-electron chi connectivity index (χ1n) is 5.84. The molecule has 1 nitrogen and oxygen atoms in total. The Morgan fingerprint density at radius 1 is 1.11 bits per heavy atom. The van der Waals surface area contributed by atoms with Crippen LogP contribution < -0.4 is 0 Å². The van der Waals surface area contributed by atoms with Gasteiger partial charge in [-0.1, -0.05) is 41.9 Å². The maximum Gasteiger partial charge on any atom is 0.129 e. The van der Waals surface area contributed by atoms with Crippen molar-refractivity contribution in [2.45, 2.75) is 18.9 Å². The van der Waals surface area contributed by atoms with Gasteiger partial charge in [-0.05, 0) is 36.6 Å². The predicted octanol–water partition coefficient (Wildman–Crippen LogP) is 4.15. The summed E-state index contributed by atoms with van der Waals surface area (Å²) >= 11 is 5.80. The fourth-order valence-electron chi connectivity index (χ4n) is 1.87. The molecule has 0 bridgehead atoms. The first kappa shape index (κ1) is 13.1. The van der Waals surface area contributed by atoms with Crippen LogP contribution in [0.25, 0.3) is 0 Å². The SMILES string of the molecule is OC(CCc1ccccc1)c1cc(Cl)ccc1F. The van der Waals surface area contributed by atoms with Crippen LogP contribution in [-0.4, -0.2) is 5.11 Å². The molecule has 0 saturated carbocycles. The summed E-state index contributed by atoms with van der Waals surface area (Å²) in [7, 11) is 0. The summed E-state index contributed by atoms with van der Waals surface area (Å²) in [4.78, 5) is 0. The second-order valence-electron chi connectivity index (χ2n) is 4.21. The average Bonchev–Trinajstić information content (AvgIpc) is 2.40. The van der Waals surface area contributed by atoms with Crippen LogP contribution in [0.5, 0.6) is 0 Å². The molecule has 0 radical (unpaired) electrons. The molecule has 0 amide bonds. The number of aliphatic hydroxyl groups is 1. The Bertz CT molecular complexity index is 513.